The molecule has 0 fully saturated rings. The zero-order valence-corrected chi connectivity index (χ0v) is 23.5. The average molecular weight is 678 g/mol. The van der Waals surface area contributed by atoms with Gasteiger partial charge < -0.3 is 15.2 Å². The van der Waals surface area contributed by atoms with E-state index in [4.69, 9.17) is 15.6 Å². The zero-order chi connectivity index (χ0) is 34.2. The number of primary sulfonamides is 1. The molecule has 0 aromatic heterocycles. The van der Waals surface area contributed by atoms with Gasteiger partial charge in [0.2, 0.25) is 15.9 Å². The monoisotopic (exact) mass is 677 g/mol. The van der Waals surface area contributed by atoms with Crippen LogP contribution < -0.4 is 25.2 Å². The number of nitrogens with two attached hydrogens (primary N) is 2. The van der Waals surface area contributed by atoms with Crippen molar-refractivity contribution in [3.05, 3.63) is 102 Å². The summed E-state index contributed by atoms with van der Waals surface area (Å²) < 4.78 is 143. The summed E-state index contributed by atoms with van der Waals surface area (Å²) in [5, 5.41) is 5.18. The Morgan fingerprint density at radius 2 is 1.50 bits per heavy atom. The molecule has 46 heavy (non-hydrogen) atoms. The lowest BCUT2D eigenvalue weighted by molar-refractivity contribution is -0.274. The maximum Gasteiger partial charge on any atom is 0.573 e. The maximum atomic E-state index is 16.7. The summed E-state index contributed by atoms with van der Waals surface area (Å²) in [6.07, 6.45) is -9.48. The predicted octanol–water partition coefficient (Wildman–Crippen LogP) is 5.55. The number of carbonyl (C=O) groups excluding carboxylic acids is 2. The molecular formula is C28H19F8N3O6S. The molecule has 0 bridgehead atoms. The second-order valence-corrected chi connectivity index (χ2v) is 11.1. The summed E-state index contributed by atoms with van der Waals surface area (Å²) in [4.78, 5) is 25.9. The molecule has 18 heteroatoms. The van der Waals surface area contributed by atoms with Gasteiger partial charge in [-0.3, -0.25) is 14.5 Å². The highest BCUT2D eigenvalue weighted by atomic mass is 32.2. The Balaban J connectivity index is 1.86. The van der Waals surface area contributed by atoms with Crippen molar-refractivity contribution in [2.45, 2.75) is 23.3 Å². The number of halogens is 8. The predicted molar refractivity (Wildman–Crippen MR) is 144 cm³/mol. The van der Waals surface area contributed by atoms with E-state index in [1.54, 1.807) is 0 Å². The van der Waals surface area contributed by atoms with Crippen LogP contribution in [-0.4, -0.2) is 38.6 Å². The highest BCUT2D eigenvalue weighted by Crippen LogP contribution is 2.42. The van der Waals surface area contributed by atoms with E-state index < -0.39 is 85.2 Å². The number of anilines is 2. The lowest BCUT2D eigenvalue weighted by Crippen LogP contribution is -2.48. The van der Waals surface area contributed by atoms with Gasteiger partial charge in [0.15, 0.2) is 0 Å². The van der Waals surface area contributed by atoms with Crippen molar-refractivity contribution >= 4 is 33.2 Å². The molecule has 4 rings (SSSR count). The van der Waals surface area contributed by atoms with Crippen LogP contribution in [0.4, 0.5) is 46.5 Å². The number of alkyl halides is 7. The third-order valence-electron chi connectivity index (χ3n) is 6.27. The molecule has 2 amide bonds. The van der Waals surface area contributed by atoms with Crippen LogP contribution in [0, 0.1) is 11.7 Å². The third-order valence-corrected chi connectivity index (χ3v) is 7.18. The van der Waals surface area contributed by atoms with Crippen molar-refractivity contribution in [3.63, 3.8) is 0 Å². The summed E-state index contributed by atoms with van der Waals surface area (Å²) in [6, 6.07) is 9.25. The van der Waals surface area contributed by atoms with Gasteiger partial charge in [-0.1, -0.05) is 18.2 Å². The minimum atomic E-state index is -5.16. The molecule has 1 aliphatic carbocycles. The molecule has 3 aromatic rings. The van der Waals surface area contributed by atoms with Crippen LogP contribution in [-0.2, 0) is 14.8 Å². The van der Waals surface area contributed by atoms with E-state index in [1.165, 1.54) is 0 Å². The molecule has 0 spiro atoms. The lowest BCUT2D eigenvalue weighted by atomic mass is 9.89. The number of amides is 2. The quantitative estimate of drug-likeness (QED) is 0.300. The Hall–Kier alpha value is -4.97. The van der Waals surface area contributed by atoms with Gasteiger partial charge >= 0.3 is 12.5 Å². The lowest BCUT2D eigenvalue weighted by Gasteiger charge is -2.36. The Kier molecular flexibility index (Phi) is 8.91. The number of benzene rings is 3. The number of hydrogen-bond donors (Lipinski definition) is 2. The number of hydrogen-bond acceptors (Lipinski definition) is 6. The van der Waals surface area contributed by atoms with Gasteiger partial charge in [-0.25, -0.2) is 17.9 Å². The Morgan fingerprint density at radius 3 is 2.07 bits per heavy atom. The van der Waals surface area contributed by atoms with Crippen molar-refractivity contribution in [3.8, 4) is 11.5 Å². The number of allylic oxidation sites excluding steroid dienone is 2. The van der Waals surface area contributed by atoms with E-state index in [-0.39, 0.29) is 11.8 Å². The van der Waals surface area contributed by atoms with Gasteiger partial charge in [-0.15, -0.1) is 13.2 Å². The number of primary amides is 1. The second-order valence-electron chi connectivity index (χ2n) is 9.50. The molecule has 1 aliphatic rings. The molecule has 0 heterocycles. The number of ether oxygens (including phenoxy) is 2. The van der Waals surface area contributed by atoms with Gasteiger partial charge in [0, 0.05) is 11.8 Å². The molecule has 0 radical (unpaired) electrons. The molecule has 0 saturated heterocycles. The SMILES string of the molecule is NC(=O)c1cc(N(C(=O)C2C=CC(C(F)(F)F)=CC2(F)Oc2ccc(OC(F)(F)F)cc2)c2cccc(S(N)(=O)=O)c2)ccc1F. The molecule has 2 atom stereocenters. The highest BCUT2D eigenvalue weighted by molar-refractivity contribution is 7.89. The molecule has 244 valence electrons. The third kappa shape index (κ3) is 7.63. The number of sulfonamides is 1. The van der Waals surface area contributed by atoms with Crippen LogP contribution in [0.5, 0.6) is 11.5 Å². The van der Waals surface area contributed by atoms with E-state index in [0.717, 1.165) is 48.5 Å². The van der Waals surface area contributed by atoms with Gasteiger partial charge in [-0.05, 0) is 60.7 Å². The van der Waals surface area contributed by atoms with E-state index in [0.29, 0.717) is 35.3 Å². The zero-order valence-electron chi connectivity index (χ0n) is 22.6. The standard InChI is InChI=1S/C28H19F8N3O6S/c29-23-11-5-17(13-21(23)24(37)40)39(16-2-1-3-20(12-16)46(38,42)43)25(41)22-10-4-15(27(31,32)33)14-26(22,30)44-18-6-8-19(9-7-18)45-28(34,35)36/h1-14,22H,(H2,37,40)(H2,38,42,43). The van der Waals surface area contributed by atoms with E-state index in [1.807, 2.05) is 0 Å². The summed E-state index contributed by atoms with van der Waals surface area (Å²) in [5.74, 6) is -11.3. The van der Waals surface area contributed by atoms with Gasteiger partial charge in [-0.2, -0.15) is 17.6 Å². The van der Waals surface area contributed by atoms with Crippen LogP contribution in [0.25, 0.3) is 0 Å². The van der Waals surface area contributed by atoms with Crippen LogP contribution in [0.2, 0.25) is 0 Å². The van der Waals surface area contributed by atoms with Crippen LogP contribution >= 0.6 is 0 Å². The minimum Gasteiger partial charge on any atom is -0.453 e. The molecular weight excluding hydrogens is 658 g/mol. The van der Waals surface area contributed by atoms with E-state index in [2.05, 4.69) is 4.74 Å². The minimum absolute atomic E-state index is 0.0753. The summed E-state index contributed by atoms with van der Waals surface area (Å²) in [5.41, 5.74) is 2.04. The van der Waals surface area contributed by atoms with E-state index >= 15 is 4.39 Å². The molecule has 3 aromatic carbocycles. The Morgan fingerprint density at radius 1 is 0.891 bits per heavy atom. The van der Waals surface area contributed by atoms with Crippen LogP contribution in [0.3, 0.4) is 0 Å². The molecule has 0 saturated carbocycles. The first kappa shape index (κ1) is 33.9. The summed E-state index contributed by atoms with van der Waals surface area (Å²) in [6.45, 7) is 0. The van der Waals surface area contributed by atoms with Crippen molar-refractivity contribution in [2.24, 2.45) is 16.8 Å². The fourth-order valence-electron chi connectivity index (χ4n) is 4.27. The highest BCUT2D eigenvalue weighted by Gasteiger charge is 2.50. The van der Waals surface area contributed by atoms with Crippen LogP contribution in [0.15, 0.2) is 95.4 Å². The first-order chi connectivity index (χ1) is 21.2. The number of carbonyl (C=O) groups is 2. The normalized spacial score (nSPS) is 18.5. The van der Waals surface area contributed by atoms with Gasteiger partial charge in [0.05, 0.1) is 21.7 Å². The fourth-order valence-corrected chi connectivity index (χ4v) is 4.83. The van der Waals surface area contributed by atoms with Crippen molar-refractivity contribution in [1.29, 1.82) is 0 Å². The molecule has 2 unspecified atom stereocenters. The van der Waals surface area contributed by atoms with Crippen molar-refractivity contribution in [1.82, 2.24) is 0 Å². The summed E-state index contributed by atoms with van der Waals surface area (Å²) in [7, 11) is -4.42. The average Bonchev–Trinajstić information content (AvgIpc) is 2.93. The largest absolute Gasteiger partial charge is 0.573 e. The topological polar surface area (TPSA) is 142 Å². The number of rotatable bonds is 8. The van der Waals surface area contributed by atoms with Crippen molar-refractivity contribution in [2.75, 3.05) is 4.90 Å². The van der Waals surface area contributed by atoms with Crippen molar-refractivity contribution < 1.29 is 62.6 Å². The maximum absolute atomic E-state index is 16.7. The first-order valence-corrected chi connectivity index (χ1v) is 14.0. The molecule has 9 nitrogen and oxygen atoms in total. The summed E-state index contributed by atoms with van der Waals surface area (Å²) >= 11 is 0. The van der Waals surface area contributed by atoms with Gasteiger partial charge in [0.25, 0.3) is 11.8 Å². The molecule has 4 N–H and O–H groups in total. The number of nitrogens with zero attached hydrogens (tertiary/aromatic N) is 1. The van der Waals surface area contributed by atoms with E-state index in [9.17, 15) is 48.7 Å². The first-order valence-electron chi connectivity index (χ1n) is 12.5. The Labute approximate surface area is 254 Å². The molecule has 0 aliphatic heterocycles. The fraction of sp³-hybridized carbons (Fsp3) is 0.143. The smallest absolute Gasteiger partial charge is 0.453 e. The second kappa shape index (κ2) is 12.1. The van der Waals surface area contributed by atoms with Gasteiger partial charge in [0.1, 0.15) is 23.2 Å². The van der Waals surface area contributed by atoms with Crippen LogP contribution in [0.1, 0.15) is 10.4 Å². The Bertz CT molecular complexity index is 1840.